The Morgan fingerprint density at radius 3 is 2.68 bits per heavy atom. The van der Waals surface area contributed by atoms with Crippen LogP contribution in [0.2, 0.25) is 0 Å². The first-order chi connectivity index (χ1) is 10.4. The lowest BCUT2D eigenvalue weighted by Gasteiger charge is -2.06. The number of benzene rings is 1. The summed E-state index contributed by atoms with van der Waals surface area (Å²) in [5, 5.41) is 0.649. The van der Waals surface area contributed by atoms with Crippen molar-refractivity contribution in [1.82, 2.24) is 9.71 Å². The van der Waals surface area contributed by atoms with Crippen LogP contribution in [-0.2, 0) is 16.6 Å². The molecule has 0 radical (unpaired) electrons. The van der Waals surface area contributed by atoms with E-state index in [1.807, 2.05) is 0 Å². The summed E-state index contributed by atoms with van der Waals surface area (Å²) in [5.41, 5.74) is 0.363. The smallest absolute Gasteiger partial charge is 0.248 e. The molecule has 7 heteroatoms. The van der Waals surface area contributed by atoms with E-state index in [4.69, 9.17) is 4.42 Å². The van der Waals surface area contributed by atoms with Crippen molar-refractivity contribution in [3.63, 3.8) is 0 Å². The van der Waals surface area contributed by atoms with E-state index >= 15 is 0 Å². The number of hydrogen-bond acceptors (Lipinski definition) is 4. The average Bonchev–Trinajstić information content (AvgIpc) is 2.90. The number of sulfonamides is 1. The van der Waals surface area contributed by atoms with Gasteiger partial charge >= 0.3 is 0 Å². The number of H-pyrrole nitrogens is 1. The molecule has 0 bridgehead atoms. The Balaban J connectivity index is 1.88. The van der Waals surface area contributed by atoms with Gasteiger partial charge in [0.25, 0.3) is 0 Å². The second-order valence-corrected chi connectivity index (χ2v) is 6.68. The summed E-state index contributed by atoms with van der Waals surface area (Å²) >= 11 is 0. The quantitative estimate of drug-likeness (QED) is 0.768. The first-order valence-electron chi connectivity index (χ1n) is 6.62. The Morgan fingerprint density at radius 1 is 1.14 bits per heavy atom. The molecular weight excluding hydrogens is 304 g/mol. The molecule has 0 atom stereocenters. The molecule has 2 aromatic heterocycles. The summed E-state index contributed by atoms with van der Waals surface area (Å²) in [6.07, 6.45) is 0. The van der Waals surface area contributed by atoms with E-state index in [9.17, 15) is 13.2 Å². The monoisotopic (exact) mass is 318 g/mol. The number of aryl methyl sites for hydroxylation is 1. The van der Waals surface area contributed by atoms with Gasteiger partial charge in [-0.05, 0) is 48.7 Å². The Bertz CT molecular complexity index is 986. The zero-order chi connectivity index (χ0) is 15.7. The number of nitrogens with one attached hydrogen (secondary N) is 2. The first kappa shape index (κ1) is 14.6. The lowest BCUT2D eigenvalue weighted by molar-refractivity contribution is 0.475. The second-order valence-electron chi connectivity index (χ2n) is 4.91. The van der Waals surface area contributed by atoms with Gasteiger partial charge in [-0.25, -0.2) is 13.1 Å². The van der Waals surface area contributed by atoms with Crippen LogP contribution >= 0.6 is 0 Å². The number of fused-ring (bicyclic) bond motifs is 1. The summed E-state index contributed by atoms with van der Waals surface area (Å²) in [5.74, 6) is 1.27. The molecule has 0 amide bonds. The number of hydrogen-bond donors (Lipinski definition) is 2. The van der Waals surface area contributed by atoms with Gasteiger partial charge in [0.2, 0.25) is 15.6 Å². The standard InChI is InChI=1S/C15H14N2O4S/c1-10-2-4-12(21-10)9-16-22(19,20)13-5-6-14-11(8-13)3-7-15(18)17-14/h2-8,16H,9H2,1H3,(H,17,18). The molecule has 3 rings (SSSR count). The fraction of sp³-hybridized carbons (Fsp3) is 0.133. The zero-order valence-electron chi connectivity index (χ0n) is 11.8. The fourth-order valence-corrected chi connectivity index (χ4v) is 3.16. The van der Waals surface area contributed by atoms with Crippen LogP contribution in [0.1, 0.15) is 11.5 Å². The minimum atomic E-state index is -3.65. The molecule has 0 unspecified atom stereocenters. The highest BCUT2D eigenvalue weighted by atomic mass is 32.2. The van der Waals surface area contributed by atoms with Gasteiger partial charge in [-0.3, -0.25) is 4.79 Å². The molecule has 1 aromatic carbocycles. The van der Waals surface area contributed by atoms with E-state index in [1.54, 1.807) is 31.2 Å². The summed E-state index contributed by atoms with van der Waals surface area (Å²) in [7, 11) is -3.65. The first-order valence-corrected chi connectivity index (χ1v) is 8.10. The molecule has 2 N–H and O–H groups in total. The van der Waals surface area contributed by atoms with Crippen LogP contribution in [0.5, 0.6) is 0 Å². The van der Waals surface area contributed by atoms with E-state index < -0.39 is 10.0 Å². The second kappa shape index (κ2) is 5.43. The third kappa shape index (κ3) is 2.95. The van der Waals surface area contributed by atoms with Crippen LogP contribution in [-0.4, -0.2) is 13.4 Å². The minimum Gasteiger partial charge on any atom is -0.465 e. The number of furan rings is 1. The predicted octanol–water partition coefficient (Wildman–Crippen LogP) is 1.91. The van der Waals surface area contributed by atoms with Gasteiger partial charge in [0.05, 0.1) is 11.4 Å². The number of aromatic nitrogens is 1. The van der Waals surface area contributed by atoms with E-state index in [-0.39, 0.29) is 17.0 Å². The Morgan fingerprint density at radius 2 is 1.95 bits per heavy atom. The summed E-state index contributed by atoms with van der Waals surface area (Å²) in [6.45, 7) is 1.88. The summed E-state index contributed by atoms with van der Waals surface area (Å²) in [6, 6.07) is 11.0. The number of pyridine rings is 1. The third-order valence-electron chi connectivity index (χ3n) is 3.24. The van der Waals surface area contributed by atoms with E-state index in [1.165, 1.54) is 18.2 Å². The lowest BCUT2D eigenvalue weighted by Crippen LogP contribution is -2.23. The van der Waals surface area contributed by atoms with Gasteiger partial charge < -0.3 is 9.40 Å². The maximum atomic E-state index is 12.3. The van der Waals surface area contributed by atoms with Crippen LogP contribution in [0.4, 0.5) is 0 Å². The van der Waals surface area contributed by atoms with Crippen LogP contribution in [0.15, 0.2) is 56.6 Å². The normalized spacial score (nSPS) is 11.9. The maximum Gasteiger partial charge on any atom is 0.248 e. The Labute approximate surface area is 126 Å². The molecule has 0 aliphatic carbocycles. The van der Waals surface area contributed by atoms with Crippen molar-refractivity contribution in [2.45, 2.75) is 18.4 Å². The molecule has 114 valence electrons. The van der Waals surface area contributed by atoms with Crippen LogP contribution in [0.25, 0.3) is 10.9 Å². The maximum absolute atomic E-state index is 12.3. The Hall–Kier alpha value is -2.38. The van der Waals surface area contributed by atoms with Gasteiger partial charge in [0.15, 0.2) is 0 Å². The van der Waals surface area contributed by atoms with Gasteiger partial charge in [0, 0.05) is 11.6 Å². The van der Waals surface area contributed by atoms with Crippen LogP contribution in [0, 0.1) is 6.92 Å². The van der Waals surface area contributed by atoms with Gasteiger partial charge in [-0.15, -0.1) is 0 Å². The molecule has 0 saturated heterocycles. The zero-order valence-corrected chi connectivity index (χ0v) is 12.6. The molecule has 6 nitrogen and oxygen atoms in total. The molecule has 0 aliphatic rings. The lowest BCUT2D eigenvalue weighted by atomic mass is 10.2. The number of aromatic amines is 1. The number of rotatable bonds is 4. The van der Waals surface area contributed by atoms with E-state index in [0.29, 0.717) is 16.7 Å². The SMILES string of the molecule is Cc1ccc(CNS(=O)(=O)c2ccc3[nH]c(=O)ccc3c2)o1. The predicted molar refractivity (Wildman–Crippen MR) is 82.0 cm³/mol. The fourth-order valence-electron chi connectivity index (χ4n) is 2.13. The molecule has 0 spiro atoms. The van der Waals surface area contributed by atoms with Gasteiger partial charge in [0.1, 0.15) is 11.5 Å². The molecule has 22 heavy (non-hydrogen) atoms. The van der Waals surface area contributed by atoms with Gasteiger partial charge in [-0.2, -0.15) is 0 Å². The van der Waals surface area contributed by atoms with Crippen molar-refractivity contribution in [1.29, 1.82) is 0 Å². The van der Waals surface area contributed by atoms with Gasteiger partial charge in [-0.1, -0.05) is 0 Å². The van der Waals surface area contributed by atoms with E-state index in [0.717, 1.165) is 5.76 Å². The molecular formula is C15H14N2O4S. The van der Waals surface area contributed by atoms with E-state index in [2.05, 4.69) is 9.71 Å². The van der Waals surface area contributed by atoms with Crippen LogP contribution in [0.3, 0.4) is 0 Å². The highest BCUT2D eigenvalue weighted by Gasteiger charge is 2.15. The van der Waals surface area contributed by atoms with Crippen molar-refractivity contribution >= 4 is 20.9 Å². The van der Waals surface area contributed by atoms with Crippen molar-refractivity contribution < 1.29 is 12.8 Å². The largest absolute Gasteiger partial charge is 0.465 e. The van der Waals surface area contributed by atoms with Crippen molar-refractivity contribution in [3.05, 3.63) is 64.3 Å². The molecule has 0 fully saturated rings. The molecule has 0 aliphatic heterocycles. The topological polar surface area (TPSA) is 92.2 Å². The van der Waals surface area contributed by atoms with Crippen LogP contribution < -0.4 is 10.3 Å². The molecule has 0 saturated carbocycles. The summed E-state index contributed by atoms with van der Waals surface area (Å²) < 4.78 is 32.4. The molecule has 3 aromatic rings. The average molecular weight is 318 g/mol. The minimum absolute atomic E-state index is 0.0832. The summed E-state index contributed by atoms with van der Waals surface area (Å²) in [4.78, 5) is 14.0. The van der Waals surface area contributed by atoms with Crippen molar-refractivity contribution in [3.8, 4) is 0 Å². The third-order valence-corrected chi connectivity index (χ3v) is 4.64. The van der Waals surface area contributed by atoms with Crippen molar-refractivity contribution in [2.75, 3.05) is 0 Å². The highest BCUT2D eigenvalue weighted by molar-refractivity contribution is 7.89. The highest BCUT2D eigenvalue weighted by Crippen LogP contribution is 2.17. The van der Waals surface area contributed by atoms with Crippen molar-refractivity contribution in [2.24, 2.45) is 0 Å². The Kier molecular flexibility index (Phi) is 3.59. The molecule has 2 heterocycles.